The molecule has 3 rings (SSSR count). The summed E-state index contributed by atoms with van der Waals surface area (Å²) in [6, 6.07) is 9.48. The third-order valence-electron chi connectivity index (χ3n) is 2.98. The summed E-state index contributed by atoms with van der Waals surface area (Å²) in [5.74, 6) is 0. The largest absolute Gasteiger partial charge is 0.350 e. The summed E-state index contributed by atoms with van der Waals surface area (Å²) in [6.07, 6.45) is 1.95. The predicted octanol–water partition coefficient (Wildman–Crippen LogP) is 3.82. The molecule has 5 heteroatoms. The van der Waals surface area contributed by atoms with Crippen LogP contribution in [-0.4, -0.2) is 9.49 Å². The SMILES string of the molecule is Cn1cc(-c2sccc2[N+](=O)[O-])c2ccccc21. The fourth-order valence-electron chi connectivity index (χ4n) is 2.17. The number of aromatic nitrogens is 1. The molecule has 0 bridgehead atoms. The van der Waals surface area contributed by atoms with Gasteiger partial charge < -0.3 is 4.57 Å². The highest BCUT2D eigenvalue weighted by molar-refractivity contribution is 7.14. The van der Waals surface area contributed by atoms with Crippen LogP contribution >= 0.6 is 11.3 Å². The molecule has 0 spiro atoms. The predicted molar refractivity (Wildman–Crippen MR) is 72.9 cm³/mol. The van der Waals surface area contributed by atoms with E-state index in [-0.39, 0.29) is 10.6 Å². The quantitative estimate of drug-likeness (QED) is 0.518. The number of hydrogen-bond donors (Lipinski definition) is 0. The monoisotopic (exact) mass is 258 g/mol. The number of benzene rings is 1. The first-order valence-electron chi connectivity index (χ1n) is 5.45. The Morgan fingerprint density at radius 2 is 2.06 bits per heavy atom. The van der Waals surface area contributed by atoms with Crippen molar-refractivity contribution in [3.8, 4) is 10.4 Å². The van der Waals surface area contributed by atoms with Crippen molar-refractivity contribution in [3.63, 3.8) is 0 Å². The highest BCUT2D eigenvalue weighted by Crippen LogP contribution is 2.39. The molecule has 0 fully saturated rings. The van der Waals surface area contributed by atoms with Crippen LogP contribution in [0.5, 0.6) is 0 Å². The number of nitro groups is 1. The minimum Gasteiger partial charge on any atom is -0.350 e. The second-order valence-corrected chi connectivity index (χ2v) is 4.98. The first-order chi connectivity index (χ1) is 8.68. The Labute approximate surface area is 107 Å². The molecule has 0 amide bonds. The van der Waals surface area contributed by atoms with Gasteiger partial charge in [0, 0.05) is 35.8 Å². The summed E-state index contributed by atoms with van der Waals surface area (Å²) in [4.78, 5) is 11.4. The molecular formula is C13H10N2O2S. The van der Waals surface area contributed by atoms with Crippen LogP contribution in [0.25, 0.3) is 21.3 Å². The van der Waals surface area contributed by atoms with Crippen LogP contribution in [0.3, 0.4) is 0 Å². The highest BCUT2D eigenvalue weighted by atomic mass is 32.1. The third kappa shape index (κ3) is 1.52. The average Bonchev–Trinajstić information content (AvgIpc) is 2.95. The van der Waals surface area contributed by atoms with Gasteiger partial charge in [-0.1, -0.05) is 18.2 Å². The topological polar surface area (TPSA) is 48.1 Å². The van der Waals surface area contributed by atoms with Crippen LogP contribution in [0.1, 0.15) is 0 Å². The van der Waals surface area contributed by atoms with Gasteiger partial charge in [0.2, 0.25) is 0 Å². The highest BCUT2D eigenvalue weighted by Gasteiger charge is 2.20. The molecule has 0 atom stereocenters. The molecular weight excluding hydrogens is 248 g/mol. The Kier molecular flexibility index (Phi) is 2.41. The fourth-order valence-corrected chi connectivity index (χ4v) is 3.06. The van der Waals surface area contributed by atoms with Gasteiger partial charge in [-0.25, -0.2) is 0 Å². The zero-order chi connectivity index (χ0) is 12.7. The summed E-state index contributed by atoms with van der Waals surface area (Å²) in [5.41, 5.74) is 2.18. The van der Waals surface area contributed by atoms with Crippen molar-refractivity contribution in [2.24, 2.45) is 7.05 Å². The first kappa shape index (κ1) is 11.0. The molecule has 3 aromatic rings. The molecule has 0 aliphatic carbocycles. The van der Waals surface area contributed by atoms with E-state index in [0.717, 1.165) is 21.3 Å². The van der Waals surface area contributed by atoms with Crippen LogP contribution in [0.4, 0.5) is 5.69 Å². The van der Waals surface area contributed by atoms with Crippen molar-refractivity contribution < 1.29 is 4.92 Å². The number of fused-ring (bicyclic) bond motifs is 1. The molecule has 0 unspecified atom stereocenters. The van der Waals surface area contributed by atoms with Crippen LogP contribution in [0, 0.1) is 10.1 Å². The normalized spacial score (nSPS) is 10.9. The number of nitrogens with zero attached hydrogens (tertiary/aromatic N) is 2. The van der Waals surface area contributed by atoms with Gasteiger partial charge in [0.1, 0.15) is 4.88 Å². The van der Waals surface area contributed by atoms with E-state index in [0.29, 0.717) is 0 Å². The van der Waals surface area contributed by atoms with Gasteiger partial charge in [-0.05, 0) is 11.4 Å². The van der Waals surface area contributed by atoms with Crippen LogP contribution in [0.2, 0.25) is 0 Å². The maximum atomic E-state index is 11.0. The molecule has 2 aromatic heterocycles. The van der Waals surface area contributed by atoms with Gasteiger partial charge in [0.25, 0.3) is 5.69 Å². The maximum absolute atomic E-state index is 11.0. The number of hydrogen-bond acceptors (Lipinski definition) is 3. The number of thiophene rings is 1. The molecule has 2 heterocycles. The van der Waals surface area contributed by atoms with E-state index in [1.165, 1.54) is 11.3 Å². The van der Waals surface area contributed by atoms with Gasteiger partial charge in [0.05, 0.1) is 4.92 Å². The average molecular weight is 258 g/mol. The lowest BCUT2D eigenvalue weighted by molar-refractivity contribution is -0.383. The van der Waals surface area contributed by atoms with E-state index in [4.69, 9.17) is 0 Å². The zero-order valence-corrected chi connectivity index (χ0v) is 10.5. The van der Waals surface area contributed by atoms with E-state index in [1.54, 1.807) is 11.4 Å². The van der Waals surface area contributed by atoms with E-state index in [2.05, 4.69) is 0 Å². The molecule has 90 valence electrons. The van der Waals surface area contributed by atoms with Crippen LogP contribution in [0.15, 0.2) is 41.9 Å². The van der Waals surface area contributed by atoms with Crippen molar-refractivity contribution in [1.82, 2.24) is 4.57 Å². The molecule has 0 saturated carbocycles. The second-order valence-electron chi connectivity index (χ2n) is 4.06. The lowest BCUT2D eigenvalue weighted by Crippen LogP contribution is -1.86. The van der Waals surface area contributed by atoms with Crippen LogP contribution in [-0.2, 0) is 7.05 Å². The van der Waals surface area contributed by atoms with Gasteiger partial charge >= 0.3 is 0 Å². The molecule has 0 radical (unpaired) electrons. The van der Waals surface area contributed by atoms with E-state index < -0.39 is 0 Å². The summed E-state index contributed by atoms with van der Waals surface area (Å²) in [7, 11) is 1.95. The standard InChI is InChI=1S/C13H10N2O2S/c1-14-8-10(9-4-2-3-5-11(9)14)13-12(15(16)17)6-7-18-13/h2-8H,1H3. The first-order valence-corrected chi connectivity index (χ1v) is 6.33. The van der Waals surface area contributed by atoms with Crippen molar-refractivity contribution in [2.45, 2.75) is 0 Å². The Balaban J connectivity index is 2.32. The molecule has 0 aliphatic rings. The van der Waals surface area contributed by atoms with E-state index >= 15 is 0 Å². The van der Waals surface area contributed by atoms with Crippen LogP contribution < -0.4 is 0 Å². The Morgan fingerprint density at radius 3 is 2.83 bits per heavy atom. The maximum Gasteiger partial charge on any atom is 0.287 e. The lowest BCUT2D eigenvalue weighted by Gasteiger charge is -1.95. The summed E-state index contributed by atoms with van der Waals surface area (Å²) in [6.45, 7) is 0. The zero-order valence-electron chi connectivity index (χ0n) is 9.66. The molecule has 4 nitrogen and oxygen atoms in total. The Bertz CT molecular complexity index is 742. The third-order valence-corrected chi connectivity index (χ3v) is 3.92. The molecule has 0 N–H and O–H groups in total. The molecule has 18 heavy (non-hydrogen) atoms. The fraction of sp³-hybridized carbons (Fsp3) is 0.0769. The van der Waals surface area contributed by atoms with E-state index in [9.17, 15) is 10.1 Å². The van der Waals surface area contributed by atoms with Crippen molar-refractivity contribution >= 4 is 27.9 Å². The summed E-state index contributed by atoms with van der Waals surface area (Å²) >= 11 is 1.40. The molecule has 1 aromatic carbocycles. The van der Waals surface area contributed by atoms with Gasteiger partial charge in [-0.3, -0.25) is 10.1 Å². The lowest BCUT2D eigenvalue weighted by atomic mass is 10.1. The second kappa shape index (κ2) is 3.96. The van der Waals surface area contributed by atoms with Gasteiger partial charge in [0.15, 0.2) is 0 Å². The van der Waals surface area contributed by atoms with Crippen molar-refractivity contribution in [1.29, 1.82) is 0 Å². The van der Waals surface area contributed by atoms with Crippen molar-refractivity contribution in [3.05, 3.63) is 52.0 Å². The van der Waals surface area contributed by atoms with E-state index in [1.807, 2.05) is 42.1 Å². The van der Waals surface area contributed by atoms with Gasteiger partial charge in [-0.2, -0.15) is 0 Å². The minimum atomic E-state index is -0.326. The number of para-hydroxylation sites is 1. The van der Waals surface area contributed by atoms with Gasteiger partial charge in [-0.15, -0.1) is 11.3 Å². The molecule has 0 aliphatic heterocycles. The minimum absolute atomic E-state index is 0.177. The summed E-state index contributed by atoms with van der Waals surface area (Å²) < 4.78 is 1.99. The summed E-state index contributed by atoms with van der Waals surface area (Å²) in [5, 5.41) is 13.8. The Hall–Kier alpha value is -2.14. The molecule has 0 saturated heterocycles. The smallest absolute Gasteiger partial charge is 0.287 e. The Morgan fingerprint density at radius 1 is 1.28 bits per heavy atom. The van der Waals surface area contributed by atoms with Crippen molar-refractivity contribution in [2.75, 3.05) is 0 Å². The number of aryl methyl sites for hydroxylation is 1. The number of rotatable bonds is 2.